The fourth-order valence-corrected chi connectivity index (χ4v) is 3.09. The molecule has 0 aliphatic carbocycles. The summed E-state index contributed by atoms with van der Waals surface area (Å²) >= 11 is 5.89. The molecule has 0 saturated carbocycles. The van der Waals surface area contributed by atoms with Gasteiger partial charge in [0, 0.05) is 5.02 Å². The van der Waals surface area contributed by atoms with Gasteiger partial charge in [0.05, 0.1) is 12.2 Å². The molecule has 0 aromatic heterocycles. The molecule has 2 aliphatic heterocycles. The number of halogens is 1. The predicted molar refractivity (Wildman–Crippen MR) is 88.4 cm³/mol. The topological polar surface area (TPSA) is 65.3 Å². The minimum atomic E-state index is -0.773. The molecule has 2 atom stereocenters. The van der Waals surface area contributed by atoms with Crippen molar-refractivity contribution in [3.05, 3.63) is 65.2 Å². The molecule has 1 saturated heterocycles. The molecule has 4 rings (SSSR count). The number of nitrogens with zero attached hydrogens (tertiary/aromatic N) is 4. The maximum atomic E-state index is 12.8. The third-order valence-electron chi connectivity index (χ3n) is 4.13. The van der Waals surface area contributed by atoms with E-state index in [9.17, 15) is 9.59 Å². The third kappa shape index (κ3) is 2.35. The summed E-state index contributed by atoms with van der Waals surface area (Å²) in [6.45, 7) is 0.392. The van der Waals surface area contributed by atoms with Gasteiger partial charge in [0.1, 0.15) is 0 Å². The molecule has 6 nitrogen and oxygen atoms in total. The van der Waals surface area contributed by atoms with Gasteiger partial charge < -0.3 is 0 Å². The lowest BCUT2D eigenvalue weighted by Gasteiger charge is -2.20. The molecule has 0 bridgehead atoms. The summed E-state index contributed by atoms with van der Waals surface area (Å²) in [6.07, 6.45) is 0. The summed E-state index contributed by atoms with van der Waals surface area (Å²) in [6, 6.07) is 14.7. The number of imide groups is 1. The molecule has 2 heterocycles. The van der Waals surface area contributed by atoms with E-state index >= 15 is 0 Å². The van der Waals surface area contributed by atoms with Crippen LogP contribution in [0, 0.1) is 0 Å². The van der Waals surface area contributed by atoms with E-state index in [0.717, 1.165) is 5.56 Å². The molecule has 0 N–H and O–H groups in total. The van der Waals surface area contributed by atoms with Crippen molar-refractivity contribution in [2.24, 2.45) is 10.3 Å². The third-order valence-corrected chi connectivity index (χ3v) is 4.38. The SMILES string of the molecule is O=C1C2N=NN(Cc3ccc(Cl)cc3)C2C(=O)N1c1ccccc1. The molecule has 120 valence electrons. The van der Waals surface area contributed by atoms with Crippen LogP contribution in [0.25, 0.3) is 0 Å². The Kier molecular flexibility index (Phi) is 3.54. The Hall–Kier alpha value is -2.73. The molecule has 2 aromatic carbocycles. The maximum Gasteiger partial charge on any atom is 0.263 e. The second kappa shape index (κ2) is 5.72. The largest absolute Gasteiger partial charge is 0.271 e. The van der Waals surface area contributed by atoms with Gasteiger partial charge in [0.2, 0.25) is 0 Å². The molecule has 2 aliphatic rings. The van der Waals surface area contributed by atoms with Crippen molar-refractivity contribution in [2.45, 2.75) is 18.6 Å². The summed E-state index contributed by atoms with van der Waals surface area (Å²) in [7, 11) is 0. The van der Waals surface area contributed by atoms with Crippen molar-refractivity contribution in [1.82, 2.24) is 5.01 Å². The van der Waals surface area contributed by atoms with Crippen LogP contribution in [0.2, 0.25) is 5.02 Å². The molecular formula is C17H13ClN4O2. The lowest BCUT2D eigenvalue weighted by molar-refractivity contribution is -0.123. The van der Waals surface area contributed by atoms with Crippen molar-refractivity contribution in [3.8, 4) is 0 Å². The van der Waals surface area contributed by atoms with Gasteiger partial charge in [-0.3, -0.25) is 14.6 Å². The van der Waals surface area contributed by atoms with Gasteiger partial charge >= 0.3 is 0 Å². The average molecular weight is 341 g/mol. The van der Waals surface area contributed by atoms with E-state index in [2.05, 4.69) is 10.3 Å². The highest BCUT2D eigenvalue weighted by Gasteiger charge is 2.54. The van der Waals surface area contributed by atoms with Gasteiger partial charge in [-0.2, -0.15) is 5.11 Å². The lowest BCUT2D eigenvalue weighted by atomic mass is 10.1. The molecule has 0 spiro atoms. The van der Waals surface area contributed by atoms with E-state index in [1.54, 1.807) is 41.4 Å². The zero-order valence-corrected chi connectivity index (χ0v) is 13.3. The van der Waals surface area contributed by atoms with Crippen molar-refractivity contribution < 1.29 is 9.59 Å². The monoisotopic (exact) mass is 340 g/mol. The average Bonchev–Trinajstić information content (AvgIpc) is 3.11. The zero-order valence-electron chi connectivity index (χ0n) is 12.5. The summed E-state index contributed by atoms with van der Waals surface area (Å²) in [5.41, 5.74) is 1.50. The van der Waals surface area contributed by atoms with Gasteiger partial charge in [-0.05, 0) is 29.8 Å². The minimum Gasteiger partial charge on any atom is -0.271 e. The smallest absolute Gasteiger partial charge is 0.263 e. The van der Waals surface area contributed by atoms with Crippen LogP contribution in [0.15, 0.2) is 64.9 Å². The van der Waals surface area contributed by atoms with E-state index in [4.69, 9.17) is 11.6 Å². The van der Waals surface area contributed by atoms with Crippen LogP contribution in [-0.2, 0) is 16.1 Å². The molecule has 0 radical (unpaired) electrons. The first kappa shape index (κ1) is 14.8. The van der Waals surface area contributed by atoms with Crippen molar-refractivity contribution in [2.75, 3.05) is 4.90 Å². The fourth-order valence-electron chi connectivity index (χ4n) is 2.96. The molecule has 7 heteroatoms. The first-order valence-electron chi connectivity index (χ1n) is 7.50. The number of amides is 2. The number of fused-ring (bicyclic) bond motifs is 1. The van der Waals surface area contributed by atoms with Crippen LogP contribution in [-0.4, -0.2) is 28.9 Å². The number of benzene rings is 2. The summed E-state index contributed by atoms with van der Waals surface area (Å²) < 4.78 is 0. The maximum absolute atomic E-state index is 12.8. The second-order valence-electron chi connectivity index (χ2n) is 5.67. The number of carbonyl (C=O) groups is 2. The molecular weight excluding hydrogens is 328 g/mol. The standard InChI is InChI=1S/C17H13ClN4O2/c18-12-8-6-11(7-9-12)10-21-15-14(19-20-21)16(23)22(17(15)24)13-4-2-1-3-5-13/h1-9,14-15H,10H2. The fraction of sp³-hybridized carbons (Fsp3) is 0.176. The summed E-state index contributed by atoms with van der Waals surface area (Å²) in [4.78, 5) is 26.5. The van der Waals surface area contributed by atoms with Crippen LogP contribution >= 0.6 is 11.6 Å². The van der Waals surface area contributed by atoms with Gasteiger partial charge in [-0.25, -0.2) is 4.90 Å². The van der Waals surface area contributed by atoms with Gasteiger partial charge in [-0.1, -0.05) is 47.2 Å². The van der Waals surface area contributed by atoms with Crippen molar-refractivity contribution >= 4 is 29.1 Å². The van der Waals surface area contributed by atoms with Crippen LogP contribution in [0.5, 0.6) is 0 Å². The second-order valence-corrected chi connectivity index (χ2v) is 6.10. The lowest BCUT2D eigenvalue weighted by Crippen LogP contribution is -2.39. The molecule has 2 amide bonds. The highest BCUT2D eigenvalue weighted by molar-refractivity contribution is 6.30. The van der Waals surface area contributed by atoms with E-state index in [1.807, 2.05) is 18.2 Å². The number of carbonyl (C=O) groups excluding carboxylic acids is 2. The number of para-hydroxylation sites is 1. The Balaban J connectivity index is 1.59. The number of hydrogen-bond donors (Lipinski definition) is 0. The highest BCUT2D eigenvalue weighted by Crippen LogP contribution is 2.32. The van der Waals surface area contributed by atoms with Gasteiger partial charge in [0.15, 0.2) is 12.1 Å². The van der Waals surface area contributed by atoms with E-state index in [0.29, 0.717) is 17.3 Å². The van der Waals surface area contributed by atoms with Crippen molar-refractivity contribution in [3.63, 3.8) is 0 Å². The van der Waals surface area contributed by atoms with Crippen LogP contribution in [0.4, 0.5) is 5.69 Å². The molecule has 2 aromatic rings. The molecule has 24 heavy (non-hydrogen) atoms. The summed E-state index contributed by atoms with van der Waals surface area (Å²) in [5, 5.41) is 10.2. The first-order valence-corrected chi connectivity index (χ1v) is 7.87. The van der Waals surface area contributed by atoms with Gasteiger partial charge in [0.25, 0.3) is 11.8 Å². The normalized spacial score (nSPS) is 22.4. The highest BCUT2D eigenvalue weighted by atomic mass is 35.5. The Morgan fingerprint density at radius 1 is 0.958 bits per heavy atom. The quantitative estimate of drug-likeness (QED) is 0.807. The Morgan fingerprint density at radius 3 is 2.38 bits per heavy atom. The van der Waals surface area contributed by atoms with Crippen molar-refractivity contribution in [1.29, 1.82) is 0 Å². The zero-order chi connectivity index (χ0) is 16.7. The summed E-state index contributed by atoms with van der Waals surface area (Å²) in [5.74, 6) is -0.631. The Morgan fingerprint density at radius 2 is 1.67 bits per heavy atom. The first-order chi connectivity index (χ1) is 11.6. The Bertz CT molecular complexity index is 822. The van der Waals surface area contributed by atoms with E-state index < -0.39 is 12.1 Å². The van der Waals surface area contributed by atoms with E-state index in [-0.39, 0.29) is 11.8 Å². The number of hydrogen-bond acceptors (Lipinski definition) is 5. The number of anilines is 1. The predicted octanol–water partition coefficient (Wildman–Crippen LogP) is 2.83. The van der Waals surface area contributed by atoms with E-state index in [1.165, 1.54) is 4.90 Å². The van der Waals surface area contributed by atoms with Crippen LogP contribution in [0.1, 0.15) is 5.56 Å². The number of rotatable bonds is 3. The van der Waals surface area contributed by atoms with Crippen LogP contribution < -0.4 is 4.90 Å². The van der Waals surface area contributed by atoms with Crippen LogP contribution in [0.3, 0.4) is 0 Å². The van der Waals surface area contributed by atoms with Gasteiger partial charge in [-0.15, -0.1) is 0 Å². The minimum absolute atomic E-state index is 0.296. The molecule has 1 fully saturated rings. The Labute approximate surface area is 143 Å². The molecule has 2 unspecified atom stereocenters.